The van der Waals surface area contributed by atoms with Crippen LogP contribution in [0.5, 0.6) is 0 Å². The average molecular weight is 444 g/mol. The molecule has 1 N–H and O–H groups in total. The Bertz CT molecular complexity index is 791. The predicted molar refractivity (Wildman–Crippen MR) is 113 cm³/mol. The van der Waals surface area contributed by atoms with E-state index < -0.39 is 38.9 Å². The number of ether oxygens (including phenoxy) is 2. The Morgan fingerprint density at radius 1 is 1.13 bits per heavy atom. The first kappa shape index (κ1) is 26.1. The molecule has 8 nitrogen and oxygen atoms in total. The summed E-state index contributed by atoms with van der Waals surface area (Å²) in [5, 5.41) is 1.19. The van der Waals surface area contributed by atoms with Crippen LogP contribution in [0.1, 0.15) is 53.5 Å². The van der Waals surface area contributed by atoms with E-state index in [9.17, 15) is 18.0 Å². The van der Waals surface area contributed by atoms with Gasteiger partial charge in [-0.1, -0.05) is 51.1 Å². The van der Waals surface area contributed by atoms with E-state index in [1.54, 1.807) is 34.6 Å². The van der Waals surface area contributed by atoms with Crippen LogP contribution < -0.4 is 5.32 Å². The third-order valence-electron chi connectivity index (χ3n) is 4.21. The third-order valence-corrected chi connectivity index (χ3v) is 5.81. The van der Waals surface area contributed by atoms with Crippen molar-refractivity contribution in [3.63, 3.8) is 0 Å². The zero-order chi connectivity index (χ0) is 22.9. The normalized spacial score (nSPS) is 14.2. The van der Waals surface area contributed by atoms with Crippen molar-refractivity contribution < 1.29 is 31.7 Å². The van der Waals surface area contributed by atoms with Crippen LogP contribution in [0.25, 0.3) is 0 Å². The van der Waals surface area contributed by atoms with Gasteiger partial charge < -0.3 is 14.8 Å². The summed E-state index contributed by atoms with van der Waals surface area (Å²) in [5.74, 6) is -1.07. The SMILES string of the molecule is CCC(NC(C)=O)S(=O)(=O)OCC(C)(C)[C@@H](OCc1ccccc1)C(=O)OC(C)C. The van der Waals surface area contributed by atoms with Crippen LogP contribution in [-0.4, -0.2) is 44.5 Å². The van der Waals surface area contributed by atoms with Gasteiger partial charge in [0, 0.05) is 12.3 Å². The third kappa shape index (κ3) is 8.41. The molecule has 0 aromatic heterocycles. The number of esters is 1. The molecule has 0 saturated carbocycles. The maximum absolute atomic E-state index is 12.7. The standard InChI is InChI=1S/C21H33NO7S/c1-7-18(22-16(4)23)30(25,26)28-14-21(5,6)19(20(24)29-15(2)3)27-13-17-11-9-8-10-12-17/h8-12,15,18-19H,7,13-14H2,1-6H3,(H,22,23)/t18?,19-/m0/s1. The van der Waals surface area contributed by atoms with Gasteiger partial charge in [-0.2, -0.15) is 8.42 Å². The number of nitrogens with one attached hydrogen (secondary N) is 1. The molecule has 0 aliphatic rings. The van der Waals surface area contributed by atoms with Crippen LogP contribution in [0.4, 0.5) is 0 Å². The lowest BCUT2D eigenvalue weighted by Gasteiger charge is -2.33. The molecule has 0 bridgehead atoms. The van der Waals surface area contributed by atoms with Gasteiger partial charge >= 0.3 is 5.97 Å². The molecule has 1 amide bonds. The second-order valence-corrected chi connectivity index (χ2v) is 9.79. The molecule has 0 heterocycles. The van der Waals surface area contributed by atoms with Crippen molar-refractivity contribution in [2.45, 2.75) is 72.2 Å². The number of benzene rings is 1. The van der Waals surface area contributed by atoms with Crippen molar-refractivity contribution in [3.05, 3.63) is 35.9 Å². The molecule has 2 atom stereocenters. The van der Waals surface area contributed by atoms with Gasteiger partial charge in [0.25, 0.3) is 10.1 Å². The quantitative estimate of drug-likeness (QED) is 0.391. The van der Waals surface area contributed by atoms with E-state index in [2.05, 4.69) is 5.32 Å². The summed E-state index contributed by atoms with van der Waals surface area (Å²) >= 11 is 0. The Hall–Kier alpha value is -1.97. The van der Waals surface area contributed by atoms with Crippen molar-refractivity contribution in [2.24, 2.45) is 5.41 Å². The zero-order valence-electron chi connectivity index (χ0n) is 18.5. The molecule has 30 heavy (non-hydrogen) atoms. The number of hydrogen-bond donors (Lipinski definition) is 1. The highest BCUT2D eigenvalue weighted by Gasteiger charge is 2.40. The zero-order valence-corrected chi connectivity index (χ0v) is 19.3. The fourth-order valence-electron chi connectivity index (χ4n) is 2.66. The maximum atomic E-state index is 12.7. The lowest BCUT2D eigenvalue weighted by molar-refractivity contribution is -0.172. The molecule has 0 spiro atoms. The molecule has 0 saturated heterocycles. The van der Waals surface area contributed by atoms with Gasteiger partial charge in [0.05, 0.1) is 19.3 Å². The number of hydrogen-bond acceptors (Lipinski definition) is 7. The Morgan fingerprint density at radius 2 is 1.73 bits per heavy atom. The molecule has 1 unspecified atom stereocenters. The van der Waals surface area contributed by atoms with E-state index in [1.165, 1.54) is 6.92 Å². The van der Waals surface area contributed by atoms with E-state index in [0.717, 1.165) is 5.56 Å². The van der Waals surface area contributed by atoms with Crippen molar-refractivity contribution in [3.8, 4) is 0 Å². The minimum absolute atomic E-state index is 0.145. The van der Waals surface area contributed by atoms with Crippen LogP contribution in [-0.2, 0) is 40.0 Å². The van der Waals surface area contributed by atoms with Gasteiger partial charge in [0.1, 0.15) is 0 Å². The van der Waals surface area contributed by atoms with E-state index in [1.807, 2.05) is 30.3 Å². The van der Waals surface area contributed by atoms with Crippen molar-refractivity contribution >= 4 is 22.0 Å². The van der Waals surface area contributed by atoms with Crippen LogP contribution in [0.2, 0.25) is 0 Å². The molecule has 0 aliphatic heterocycles. The van der Waals surface area contributed by atoms with Crippen molar-refractivity contribution in [1.82, 2.24) is 5.32 Å². The number of amides is 1. The molecule has 1 rings (SSSR count). The second kappa shape index (κ2) is 11.4. The second-order valence-electron chi connectivity index (χ2n) is 8.00. The molecule has 0 aliphatic carbocycles. The minimum Gasteiger partial charge on any atom is -0.461 e. The summed E-state index contributed by atoms with van der Waals surface area (Å²) in [6, 6.07) is 9.30. The topological polar surface area (TPSA) is 108 Å². The Kier molecular flexibility index (Phi) is 9.93. The first-order chi connectivity index (χ1) is 13.9. The summed E-state index contributed by atoms with van der Waals surface area (Å²) in [6.45, 7) is 9.46. The van der Waals surface area contributed by atoms with Gasteiger partial charge in [0.15, 0.2) is 11.5 Å². The molecular formula is C21H33NO7S. The Morgan fingerprint density at radius 3 is 2.23 bits per heavy atom. The fourth-order valence-corrected chi connectivity index (χ4v) is 4.01. The summed E-state index contributed by atoms with van der Waals surface area (Å²) in [4.78, 5) is 23.9. The summed E-state index contributed by atoms with van der Waals surface area (Å²) in [5.41, 5.74) is -0.164. The van der Waals surface area contributed by atoms with Gasteiger partial charge in [-0.15, -0.1) is 0 Å². The van der Waals surface area contributed by atoms with Crippen molar-refractivity contribution in [2.75, 3.05) is 6.61 Å². The molecule has 170 valence electrons. The molecule has 1 aromatic rings. The van der Waals surface area contributed by atoms with Gasteiger partial charge in [-0.25, -0.2) is 4.79 Å². The van der Waals surface area contributed by atoms with E-state index in [0.29, 0.717) is 0 Å². The summed E-state index contributed by atoms with van der Waals surface area (Å²) in [6.07, 6.45) is -1.27. The minimum atomic E-state index is -4.09. The van der Waals surface area contributed by atoms with Crippen LogP contribution in [0.3, 0.4) is 0 Å². The highest BCUT2D eigenvalue weighted by Crippen LogP contribution is 2.28. The highest BCUT2D eigenvalue weighted by atomic mass is 32.2. The lowest BCUT2D eigenvalue weighted by atomic mass is 9.87. The molecule has 9 heteroatoms. The predicted octanol–water partition coefficient (Wildman–Crippen LogP) is 2.77. The number of rotatable bonds is 12. The monoisotopic (exact) mass is 443 g/mol. The average Bonchev–Trinajstić information content (AvgIpc) is 2.64. The first-order valence-electron chi connectivity index (χ1n) is 9.90. The van der Waals surface area contributed by atoms with Crippen LogP contribution in [0.15, 0.2) is 30.3 Å². The van der Waals surface area contributed by atoms with Crippen molar-refractivity contribution in [1.29, 1.82) is 0 Å². The summed E-state index contributed by atoms with van der Waals surface area (Å²) < 4.78 is 41.4. The van der Waals surface area contributed by atoms with E-state index in [-0.39, 0.29) is 25.7 Å². The molecule has 0 fully saturated rings. The lowest BCUT2D eigenvalue weighted by Crippen LogP contribution is -2.46. The summed E-state index contributed by atoms with van der Waals surface area (Å²) in [7, 11) is -4.09. The smallest absolute Gasteiger partial charge is 0.336 e. The first-order valence-corrected chi connectivity index (χ1v) is 11.4. The van der Waals surface area contributed by atoms with Gasteiger partial charge in [0.2, 0.25) is 5.91 Å². The van der Waals surface area contributed by atoms with Crippen LogP contribution >= 0.6 is 0 Å². The number of carbonyl (C=O) groups excluding carboxylic acids is 2. The number of carbonyl (C=O) groups is 2. The van der Waals surface area contributed by atoms with Gasteiger partial charge in [-0.05, 0) is 25.8 Å². The molecule has 0 radical (unpaired) electrons. The van der Waals surface area contributed by atoms with E-state index in [4.69, 9.17) is 13.7 Å². The molecular weight excluding hydrogens is 410 g/mol. The van der Waals surface area contributed by atoms with Gasteiger partial charge in [-0.3, -0.25) is 8.98 Å². The fraction of sp³-hybridized carbons (Fsp3) is 0.619. The molecule has 1 aromatic carbocycles. The maximum Gasteiger partial charge on any atom is 0.336 e. The van der Waals surface area contributed by atoms with Crippen LogP contribution in [0, 0.1) is 5.41 Å². The van der Waals surface area contributed by atoms with E-state index >= 15 is 0 Å². The highest BCUT2D eigenvalue weighted by molar-refractivity contribution is 7.87. The Balaban J connectivity index is 2.96. The Labute approximate surface area is 179 Å². The largest absolute Gasteiger partial charge is 0.461 e.